The van der Waals surface area contributed by atoms with Crippen LogP contribution in [-0.4, -0.2) is 30.1 Å². The van der Waals surface area contributed by atoms with E-state index in [1.54, 1.807) is 0 Å². The van der Waals surface area contributed by atoms with Crippen LogP contribution in [0.2, 0.25) is 0 Å². The van der Waals surface area contributed by atoms with E-state index in [4.69, 9.17) is 5.73 Å². The number of nitrogens with one attached hydrogen (secondary N) is 1. The van der Waals surface area contributed by atoms with E-state index in [2.05, 4.69) is 36.2 Å². The molecule has 1 unspecified atom stereocenters. The molecule has 1 heterocycles. The number of piperidine rings is 1. The second-order valence-corrected chi connectivity index (χ2v) is 8.12. The summed E-state index contributed by atoms with van der Waals surface area (Å²) in [7, 11) is 0. The molecule has 2 aliphatic rings. The van der Waals surface area contributed by atoms with Gasteiger partial charge < -0.3 is 16.0 Å². The molecule has 0 bridgehead atoms. The molecule has 0 spiro atoms. The predicted molar refractivity (Wildman–Crippen MR) is 103 cm³/mol. The summed E-state index contributed by atoms with van der Waals surface area (Å²) in [6.07, 6.45) is 9.71. The van der Waals surface area contributed by atoms with E-state index in [0.717, 1.165) is 11.7 Å². The van der Waals surface area contributed by atoms with E-state index in [0.29, 0.717) is 18.0 Å². The van der Waals surface area contributed by atoms with Gasteiger partial charge in [0.15, 0.2) is 0 Å². The van der Waals surface area contributed by atoms with Crippen molar-refractivity contribution in [1.29, 1.82) is 0 Å². The molecule has 2 fully saturated rings. The van der Waals surface area contributed by atoms with Crippen molar-refractivity contribution in [2.24, 2.45) is 5.92 Å². The fraction of sp³-hybridized carbons (Fsp3) is 0.714. The van der Waals surface area contributed by atoms with Crippen LogP contribution in [-0.2, 0) is 0 Å². The Kier molecular flexibility index (Phi) is 6.18. The highest BCUT2D eigenvalue weighted by Crippen LogP contribution is 2.30. The highest BCUT2D eigenvalue weighted by molar-refractivity contribution is 5.48. The quantitative estimate of drug-likeness (QED) is 0.789. The predicted octanol–water partition coefficient (Wildman–Crippen LogP) is 4.35. The Balaban J connectivity index is 1.56. The summed E-state index contributed by atoms with van der Waals surface area (Å²) < 4.78 is 0. The molecule has 0 aromatic heterocycles. The Morgan fingerprint density at radius 1 is 1.00 bits per heavy atom. The lowest BCUT2D eigenvalue weighted by Crippen LogP contribution is -2.48. The molecule has 1 atom stereocenters. The third-order valence-electron chi connectivity index (χ3n) is 6.03. The van der Waals surface area contributed by atoms with Crippen molar-refractivity contribution in [3.8, 4) is 0 Å². The summed E-state index contributed by atoms with van der Waals surface area (Å²) in [5, 5.41) is 3.93. The second-order valence-electron chi connectivity index (χ2n) is 8.12. The van der Waals surface area contributed by atoms with Crippen molar-refractivity contribution in [3.05, 3.63) is 29.8 Å². The Labute approximate surface area is 148 Å². The molecular weight excluding hydrogens is 294 g/mol. The van der Waals surface area contributed by atoms with Crippen LogP contribution in [0.3, 0.4) is 0 Å². The number of nitrogens with zero attached hydrogens (tertiary/aromatic N) is 1. The van der Waals surface area contributed by atoms with Crippen LogP contribution in [0.15, 0.2) is 24.3 Å². The number of benzene rings is 1. The summed E-state index contributed by atoms with van der Waals surface area (Å²) in [6.45, 7) is 7.11. The molecule has 1 aromatic rings. The zero-order valence-electron chi connectivity index (χ0n) is 15.5. The minimum absolute atomic E-state index is 0.359. The van der Waals surface area contributed by atoms with E-state index in [1.165, 1.54) is 63.6 Å². The molecular formula is C21H35N3. The van der Waals surface area contributed by atoms with Gasteiger partial charge in [-0.3, -0.25) is 0 Å². The van der Waals surface area contributed by atoms with E-state index in [-0.39, 0.29) is 0 Å². The molecule has 0 radical (unpaired) electrons. The largest absolute Gasteiger partial charge is 0.398 e. The first-order valence-electron chi connectivity index (χ1n) is 9.99. The Morgan fingerprint density at radius 2 is 1.67 bits per heavy atom. The van der Waals surface area contributed by atoms with Crippen molar-refractivity contribution >= 4 is 5.69 Å². The molecule has 1 aliphatic carbocycles. The van der Waals surface area contributed by atoms with Gasteiger partial charge in [-0.15, -0.1) is 0 Å². The van der Waals surface area contributed by atoms with Gasteiger partial charge in [0, 0.05) is 23.8 Å². The van der Waals surface area contributed by atoms with Crippen LogP contribution in [0.4, 0.5) is 5.69 Å². The smallest absolute Gasteiger partial charge is 0.0366 e. The molecule has 3 heteroatoms. The van der Waals surface area contributed by atoms with Gasteiger partial charge in [-0.05, 0) is 56.3 Å². The highest BCUT2D eigenvalue weighted by atomic mass is 15.2. The lowest BCUT2D eigenvalue weighted by atomic mass is 9.90. The first kappa shape index (κ1) is 17.8. The molecule has 3 N–H and O–H groups in total. The van der Waals surface area contributed by atoms with Gasteiger partial charge in [0.25, 0.3) is 0 Å². The third kappa shape index (κ3) is 4.31. The zero-order valence-corrected chi connectivity index (χ0v) is 15.5. The van der Waals surface area contributed by atoms with Gasteiger partial charge in [-0.2, -0.15) is 0 Å². The third-order valence-corrected chi connectivity index (χ3v) is 6.03. The first-order chi connectivity index (χ1) is 11.6. The number of hydrogen-bond acceptors (Lipinski definition) is 3. The summed E-state index contributed by atoms with van der Waals surface area (Å²) in [5.74, 6) is 0.547. The summed E-state index contributed by atoms with van der Waals surface area (Å²) in [5.41, 5.74) is 8.42. The maximum Gasteiger partial charge on any atom is 0.0366 e. The average molecular weight is 330 g/mol. The molecule has 0 amide bonds. The molecule has 1 aromatic carbocycles. The van der Waals surface area contributed by atoms with Crippen molar-refractivity contribution in [2.45, 2.75) is 76.9 Å². The number of hydrogen-bond donors (Lipinski definition) is 2. The number of rotatable bonds is 5. The fourth-order valence-electron chi connectivity index (χ4n) is 4.57. The summed E-state index contributed by atoms with van der Waals surface area (Å²) >= 11 is 0. The first-order valence-corrected chi connectivity index (χ1v) is 9.99. The topological polar surface area (TPSA) is 41.3 Å². The molecule has 24 heavy (non-hydrogen) atoms. The second kappa shape index (κ2) is 8.35. The summed E-state index contributed by atoms with van der Waals surface area (Å²) in [6, 6.07) is 10.2. The Morgan fingerprint density at radius 3 is 2.29 bits per heavy atom. The number of nitrogen functional groups attached to an aromatic ring is 1. The van der Waals surface area contributed by atoms with Crippen molar-refractivity contribution < 1.29 is 0 Å². The number of nitrogens with two attached hydrogens (primary N) is 1. The fourth-order valence-corrected chi connectivity index (χ4v) is 4.57. The Hall–Kier alpha value is -1.06. The van der Waals surface area contributed by atoms with Gasteiger partial charge >= 0.3 is 0 Å². The van der Waals surface area contributed by atoms with Crippen molar-refractivity contribution in [1.82, 2.24) is 10.2 Å². The van der Waals surface area contributed by atoms with E-state index < -0.39 is 0 Å². The maximum absolute atomic E-state index is 6.24. The SMILES string of the molecule is CC(C)C(NC1CCN(C2CCCCC2)CC1)c1ccccc1N. The molecule has 1 saturated heterocycles. The van der Waals surface area contributed by atoms with E-state index >= 15 is 0 Å². The summed E-state index contributed by atoms with van der Waals surface area (Å²) in [4.78, 5) is 2.76. The molecule has 1 saturated carbocycles. The van der Waals surface area contributed by atoms with E-state index in [9.17, 15) is 0 Å². The lowest BCUT2D eigenvalue weighted by Gasteiger charge is -2.41. The van der Waals surface area contributed by atoms with Crippen LogP contribution in [0.1, 0.15) is 70.4 Å². The molecule has 3 rings (SSSR count). The molecule has 3 nitrogen and oxygen atoms in total. The van der Waals surface area contributed by atoms with Crippen LogP contribution in [0, 0.1) is 5.92 Å². The average Bonchev–Trinajstić information content (AvgIpc) is 2.61. The number of para-hydroxylation sites is 1. The minimum atomic E-state index is 0.359. The number of anilines is 1. The minimum Gasteiger partial charge on any atom is -0.398 e. The number of likely N-dealkylation sites (tertiary alicyclic amines) is 1. The van der Waals surface area contributed by atoms with Gasteiger partial charge in [-0.25, -0.2) is 0 Å². The Bertz CT molecular complexity index is 500. The zero-order chi connectivity index (χ0) is 16.9. The van der Waals surface area contributed by atoms with Crippen LogP contribution in [0.5, 0.6) is 0 Å². The van der Waals surface area contributed by atoms with Gasteiger partial charge in [-0.1, -0.05) is 51.3 Å². The van der Waals surface area contributed by atoms with Crippen LogP contribution >= 0.6 is 0 Å². The van der Waals surface area contributed by atoms with Gasteiger partial charge in [0.05, 0.1) is 0 Å². The highest BCUT2D eigenvalue weighted by Gasteiger charge is 2.28. The maximum atomic E-state index is 6.24. The van der Waals surface area contributed by atoms with E-state index in [1.807, 2.05) is 12.1 Å². The van der Waals surface area contributed by atoms with Crippen LogP contribution in [0.25, 0.3) is 0 Å². The van der Waals surface area contributed by atoms with Gasteiger partial charge in [0.1, 0.15) is 0 Å². The van der Waals surface area contributed by atoms with Crippen LogP contribution < -0.4 is 11.1 Å². The standard InChI is InChI=1S/C21H35N3/c1-16(2)21(19-10-6-7-11-20(19)22)23-17-12-14-24(15-13-17)18-8-4-3-5-9-18/h6-7,10-11,16-18,21,23H,3-5,8-9,12-15,22H2,1-2H3. The van der Waals surface area contributed by atoms with Gasteiger partial charge in [0.2, 0.25) is 0 Å². The molecule has 1 aliphatic heterocycles. The van der Waals surface area contributed by atoms with Crippen molar-refractivity contribution in [3.63, 3.8) is 0 Å². The molecule has 134 valence electrons. The lowest BCUT2D eigenvalue weighted by molar-refractivity contribution is 0.111. The normalized spacial score (nSPS) is 22.8. The monoisotopic (exact) mass is 329 g/mol. The van der Waals surface area contributed by atoms with Crippen molar-refractivity contribution in [2.75, 3.05) is 18.8 Å².